The second-order valence-corrected chi connectivity index (χ2v) is 4.83. The highest BCUT2D eigenvalue weighted by Crippen LogP contribution is 2.45. The highest BCUT2D eigenvalue weighted by atomic mass is 16.6. The summed E-state index contributed by atoms with van der Waals surface area (Å²) in [7, 11) is 0. The van der Waals surface area contributed by atoms with Gasteiger partial charge in [-0.3, -0.25) is 0 Å². The second-order valence-electron chi connectivity index (χ2n) is 4.83. The van der Waals surface area contributed by atoms with E-state index in [-0.39, 0.29) is 11.9 Å². The monoisotopic (exact) mass is 266 g/mol. The average Bonchev–Trinajstić information content (AvgIpc) is 2.99. The van der Waals surface area contributed by atoms with Gasteiger partial charge in [0.25, 0.3) is 0 Å². The van der Waals surface area contributed by atoms with Crippen LogP contribution in [0.1, 0.15) is 44.1 Å². The van der Waals surface area contributed by atoms with Crippen molar-refractivity contribution in [2.24, 2.45) is 0 Å². The van der Waals surface area contributed by atoms with Crippen molar-refractivity contribution < 1.29 is 19.1 Å². The molecule has 0 fully saturated rings. The summed E-state index contributed by atoms with van der Waals surface area (Å²) in [4.78, 5) is 23.7. The number of hydrogen-bond acceptors (Lipinski definition) is 4. The Balaban J connectivity index is 1.82. The number of rotatable bonds is 1. The summed E-state index contributed by atoms with van der Waals surface area (Å²) in [5.74, 6) is -0.739. The van der Waals surface area contributed by atoms with E-state index >= 15 is 0 Å². The van der Waals surface area contributed by atoms with Crippen LogP contribution in [0.4, 0.5) is 0 Å². The topological polar surface area (TPSA) is 52.6 Å². The van der Waals surface area contributed by atoms with Crippen molar-refractivity contribution in [2.45, 2.75) is 12.2 Å². The maximum Gasteiger partial charge on any atom is 0.339 e. The van der Waals surface area contributed by atoms with E-state index in [1.807, 2.05) is 24.3 Å². The molecule has 0 N–H and O–H groups in total. The first-order valence-corrected chi connectivity index (χ1v) is 6.35. The van der Waals surface area contributed by atoms with Crippen molar-refractivity contribution in [1.82, 2.24) is 0 Å². The summed E-state index contributed by atoms with van der Waals surface area (Å²) in [6.45, 7) is 0. The highest BCUT2D eigenvalue weighted by Gasteiger charge is 2.44. The van der Waals surface area contributed by atoms with E-state index in [1.54, 1.807) is 24.3 Å². The summed E-state index contributed by atoms with van der Waals surface area (Å²) in [5, 5.41) is 0. The summed E-state index contributed by atoms with van der Waals surface area (Å²) >= 11 is 0. The van der Waals surface area contributed by atoms with Crippen LogP contribution >= 0.6 is 0 Å². The predicted octanol–water partition coefficient (Wildman–Crippen LogP) is 2.81. The smallest absolute Gasteiger partial charge is 0.339 e. The van der Waals surface area contributed by atoms with Crippen molar-refractivity contribution in [3.05, 3.63) is 70.8 Å². The lowest BCUT2D eigenvalue weighted by Gasteiger charge is -2.18. The predicted molar refractivity (Wildman–Crippen MR) is 69.2 cm³/mol. The number of benzene rings is 2. The largest absolute Gasteiger partial charge is 0.449 e. The van der Waals surface area contributed by atoms with Crippen LogP contribution in [0.5, 0.6) is 0 Å². The van der Waals surface area contributed by atoms with Crippen LogP contribution in [0.2, 0.25) is 0 Å². The molecule has 0 amide bonds. The Kier molecular flexibility index (Phi) is 2.21. The lowest BCUT2D eigenvalue weighted by atomic mass is 9.96. The van der Waals surface area contributed by atoms with E-state index in [0.29, 0.717) is 11.1 Å². The molecule has 0 radical (unpaired) electrons. The molecule has 2 aromatic carbocycles. The summed E-state index contributed by atoms with van der Waals surface area (Å²) in [6.07, 6.45) is -1.13. The molecule has 0 saturated carbocycles. The van der Waals surface area contributed by atoms with E-state index in [1.165, 1.54) is 0 Å². The third-order valence-corrected chi connectivity index (χ3v) is 3.72. The molecular weight excluding hydrogens is 256 g/mol. The lowest BCUT2D eigenvalue weighted by Crippen LogP contribution is -2.11. The Morgan fingerprint density at radius 3 is 1.50 bits per heavy atom. The molecule has 2 aromatic rings. The van der Waals surface area contributed by atoms with Crippen molar-refractivity contribution in [3.8, 4) is 0 Å². The first-order valence-electron chi connectivity index (χ1n) is 6.35. The Hall–Kier alpha value is -2.62. The third-order valence-electron chi connectivity index (χ3n) is 3.72. The highest BCUT2D eigenvalue weighted by molar-refractivity contribution is 5.96. The normalized spacial score (nSPS) is 23.0. The Morgan fingerprint density at radius 2 is 1.05 bits per heavy atom. The minimum Gasteiger partial charge on any atom is -0.449 e. The Bertz CT molecular complexity index is 671. The van der Waals surface area contributed by atoms with Crippen molar-refractivity contribution in [1.29, 1.82) is 0 Å². The zero-order valence-corrected chi connectivity index (χ0v) is 10.4. The standard InChI is InChI=1S/C16H10O4/c17-15-11-7-3-1-5-9(11)13(19-15)14-10-6-2-4-8-12(10)16(18)20-14/h1-8,13-14H/t13-,14+. The quantitative estimate of drug-likeness (QED) is 0.745. The molecule has 0 unspecified atom stereocenters. The van der Waals surface area contributed by atoms with Crippen LogP contribution in [-0.2, 0) is 9.47 Å². The van der Waals surface area contributed by atoms with Gasteiger partial charge in [0.05, 0.1) is 11.1 Å². The molecule has 0 bridgehead atoms. The molecule has 0 aliphatic carbocycles. The van der Waals surface area contributed by atoms with Gasteiger partial charge >= 0.3 is 11.9 Å². The van der Waals surface area contributed by atoms with Gasteiger partial charge in [0, 0.05) is 11.1 Å². The van der Waals surface area contributed by atoms with Gasteiger partial charge in [0.1, 0.15) is 0 Å². The molecule has 4 heteroatoms. The molecule has 2 heterocycles. The molecule has 98 valence electrons. The number of esters is 2. The fraction of sp³-hybridized carbons (Fsp3) is 0.125. The number of hydrogen-bond donors (Lipinski definition) is 0. The first kappa shape index (κ1) is 11.2. The molecular formula is C16H10O4. The van der Waals surface area contributed by atoms with Crippen LogP contribution in [0.25, 0.3) is 0 Å². The SMILES string of the molecule is O=C1O[C@@H]([C@H]2OC(=O)c3ccccc32)c2ccccc21. The fourth-order valence-corrected chi connectivity index (χ4v) is 2.80. The third kappa shape index (κ3) is 1.42. The minimum absolute atomic E-state index is 0.369. The minimum atomic E-state index is -0.564. The Labute approximate surface area is 114 Å². The summed E-state index contributed by atoms with van der Waals surface area (Å²) in [5.41, 5.74) is 2.62. The maximum atomic E-state index is 11.9. The van der Waals surface area contributed by atoms with Crippen molar-refractivity contribution >= 4 is 11.9 Å². The Morgan fingerprint density at radius 1 is 0.650 bits per heavy atom. The molecule has 2 aliphatic rings. The van der Waals surface area contributed by atoms with Gasteiger partial charge in [0.15, 0.2) is 12.2 Å². The summed E-state index contributed by atoms with van der Waals surface area (Å²) < 4.78 is 10.8. The van der Waals surface area contributed by atoms with Crippen LogP contribution in [0.15, 0.2) is 48.5 Å². The van der Waals surface area contributed by atoms with Gasteiger partial charge in [0.2, 0.25) is 0 Å². The van der Waals surface area contributed by atoms with Gasteiger partial charge in [-0.05, 0) is 12.1 Å². The van der Waals surface area contributed by atoms with Gasteiger partial charge < -0.3 is 9.47 Å². The molecule has 0 saturated heterocycles. The van der Waals surface area contributed by atoms with Crippen molar-refractivity contribution in [3.63, 3.8) is 0 Å². The number of carbonyl (C=O) groups is 2. The molecule has 2 atom stereocenters. The fourth-order valence-electron chi connectivity index (χ4n) is 2.80. The molecule has 4 rings (SSSR count). The van der Waals surface area contributed by atoms with E-state index < -0.39 is 12.2 Å². The van der Waals surface area contributed by atoms with Crippen LogP contribution in [-0.4, -0.2) is 11.9 Å². The molecule has 0 aromatic heterocycles. The van der Waals surface area contributed by atoms with Crippen LogP contribution < -0.4 is 0 Å². The van der Waals surface area contributed by atoms with Crippen LogP contribution in [0.3, 0.4) is 0 Å². The first-order chi connectivity index (χ1) is 9.75. The number of cyclic esters (lactones) is 2. The van der Waals surface area contributed by atoms with E-state index in [2.05, 4.69) is 0 Å². The lowest BCUT2D eigenvalue weighted by molar-refractivity contribution is -0.0232. The number of ether oxygens (including phenoxy) is 2. The summed E-state index contributed by atoms with van der Waals surface area (Å²) in [6, 6.07) is 14.4. The van der Waals surface area contributed by atoms with E-state index in [4.69, 9.17) is 9.47 Å². The molecule has 0 spiro atoms. The maximum absolute atomic E-state index is 11.9. The zero-order valence-electron chi connectivity index (χ0n) is 10.4. The molecule has 2 aliphatic heterocycles. The van der Waals surface area contributed by atoms with Crippen LogP contribution in [0, 0.1) is 0 Å². The van der Waals surface area contributed by atoms with Crippen molar-refractivity contribution in [2.75, 3.05) is 0 Å². The molecule has 20 heavy (non-hydrogen) atoms. The number of fused-ring (bicyclic) bond motifs is 2. The van der Waals surface area contributed by atoms with Gasteiger partial charge in [-0.2, -0.15) is 0 Å². The van der Waals surface area contributed by atoms with Gasteiger partial charge in [-0.1, -0.05) is 36.4 Å². The van der Waals surface area contributed by atoms with E-state index in [0.717, 1.165) is 11.1 Å². The molecule has 4 nitrogen and oxygen atoms in total. The number of carbonyl (C=O) groups excluding carboxylic acids is 2. The second kappa shape index (κ2) is 3.93. The van der Waals surface area contributed by atoms with E-state index in [9.17, 15) is 9.59 Å². The van der Waals surface area contributed by atoms with Gasteiger partial charge in [-0.25, -0.2) is 9.59 Å². The average molecular weight is 266 g/mol. The van der Waals surface area contributed by atoms with Gasteiger partial charge in [-0.15, -0.1) is 0 Å². The zero-order chi connectivity index (χ0) is 13.7.